The standard InChI is InChI=1S/C18H16FN3O2/c1-12-21-22-18(24-12)16(13-5-3-2-4-6-13)11-17(23)20-15-9-7-14(19)8-10-15/h2-10,16H,11H2,1H3,(H,20,23). The molecule has 0 spiro atoms. The van der Waals surface area contributed by atoms with Gasteiger partial charge in [0.1, 0.15) is 5.82 Å². The average Bonchev–Trinajstić information content (AvgIpc) is 3.02. The Morgan fingerprint density at radius 1 is 1.12 bits per heavy atom. The Labute approximate surface area is 138 Å². The molecule has 6 heteroatoms. The minimum Gasteiger partial charge on any atom is -0.425 e. The molecule has 2 aromatic carbocycles. The summed E-state index contributed by atoms with van der Waals surface area (Å²) in [6.07, 6.45) is 0.142. The smallest absolute Gasteiger partial charge is 0.225 e. The van der Waals surface area contributed by atoms with Crippen LogP contribution in [0.3, 0.4) is 0 Å². The highest BCUT2D eigenvalue weighted by molar-refractivity contribution is 5.91. The third kappa shape index (κ3) is 3.84. The van der Waals surface area contributed by atoms with Crippen LogP contribution in [0, 0.1) is 12.7 Å². The molecule has 1 N–H and O–H groups in total. The van der Waals surface area contributed by atoms with E-state index in [2.05, 4.69) is 15.5 Å². The number of rotatable bonds is 5. The third-order valence-corrected chi connectivity index (χ3v) is 3.56. The van der Waals surface area contributed by atoms with E-state index in [-0.39, 0.29) is 24.1 Å². The SMILES string of the molecule is Cc1nnc(C(CC(=O)Nc2ccc(F)cc2)c2ccccc2)o1. The summed E-state index contributed by atoms with van der Waals surface area (Å²) in [6, 6.07) is 15.1. The third-order valence-electron chi connectivity index (χ3n) is 3.56. The van der Waals surface area contributed by atoms with E-state index in [0.29, 0.717) is 17.5 Å². The summed E-state index contributed by atoms with van der Waals surface area (Å²) >= 11 is 0. The molecule has 0 aliphatic heterocycles. The lowest BCUT2D eigenvalue weighted by Gasteiger charge is -2.13. The Morgan fingerprint density at radius 3 is 2.46 bits per heavy atom. The first-order valence-corrected chi connectivity index (χ1v) is 7.52. The second-order valence-electron chi connectivity index (χ2n) is 5.38. The van der Waals surface area contributed by atoms with E-state index in [1.807, 2.05) is 30.3 Å². The lowest BCUT2D eigenvalue weighted by Crippen LogP contribution is -2.16. The van der Waals surface area contributed by atoms with Gasteiger partial charge < -0.3 is 9.73 Å². The molecule has 1 atom stereocenters. The summed E-state index contributed by atoms with van der Waals surface area (Å²) in [5.41, 5.74) is 1.45. The van der Waals surface area contributed by atoms with Gasteiger partial charge in [0.2, 0.25) is 17.7 Å². The molecule has 0 saturated carbocycles. The quantitative estimate of drug-likeness (QED) is 0.777. The summed E-state index contributed by atoms with van der Waals surface area (Å²) in [7, 11) is 0. The molecule has 0 fully saturated rings. The monoisotopic (exact) mass is 325 g/mol. The highest BCUT2D eigenvalue weighted by Crippen LogP contribution is 2.27. The molecule has 0 aliphatic carbocycles. The number of halogens is 1. The van der Waals surface area contributed by atoms with Gasteiger partial charge in [0.25, 0.3) is 0 Å². The molecule has 0 radical (unpaired) electrons. The van der Waals surface area contributed by atoms with E-state index in [0.717, 1.165) is 5.56 Å². The second kappa shape index (κ2) is 7.04. The van der Waals surface area contributed by atoms with Crippen LogP contribution in [0.4, 0.5) is 10.1 Å². The zero-order valence-electron chi connectivity index (χ0n) is 13.1. The van der Waals surface area contributed by atoms with Gasteiger partial charge in [-0.2, -0.15) is 0 Å². The maximum atomic E-state index is 12.9. The highest BCUT2D eigenvalue weighted by atomic mass is 19.1. The van der Waals surface area contributed by atoms with Crippen molar-refractivity contribution < 1.29 is 13.6 Å². The summed E-state index contributed by atoms with van der Waals surface area (Å²) in [5.74, 6) is -0.0616. The van der Waals surface area contributed by atoms with Gasteiger partial charge >= 0.3 is 0 Å². The van der Waals surface area contributed by atoms with Crippen molar-refractivity contribution in [2.24, 2.45) is 0 Å². The molecule has 1 amide bonds. The van der Waals surface area contributed by atoms with Crippen molar-refractivity contribution in [1.29, 1.82) is 0 Å². The molecule has 0 aliphatic rings. The number of carbonyl (C=O) groups excluding carboxylic acids is 1. The number of amides is 1. The van der Waals surface area contributed by atoms with Crippen molar-refractivity contribution in [1.82, 2.24) is 10.2 Å². The van der Waals surface area contributed by atoms with Gasteiger partial charge in [0, 0.05) is 19.0 Å². The molecular formula is C18H16FN3O2. The van der Waals surface area contributed by atoms with E-state index < -0.39 is 0 Å². The number of aromatic nitrogens is 2. The van der Waals surface area contributed by atoms with Crippen LogP contribution in [0.2, 0.25) is 0 Å². The predicted octanol–water partition coefficient (Wildman–Crippen LogP) is 3.68. The molecule has 3 aromatic rings. The van der Waals surface area contributed by atoms with Gasteiger partial charge in [-0.3, -0.25) is 4.79 Å². The van der Waals surface area contributed by atoms with Gasteiger partial charge in [0.15, 0.2) is 0 Å². The summed E-state index contributed by atoms with van der Waals surface area (Å²) in [4.78, 5) is 12.4. The first kappa shape index (κ1) is 15.9. The topological polar surface area (TPSA) is 68.0 Å². The molecule has 122 valence electrons. The van der Waals surface area contributed by atoms with Crippen molar-refractivity contribution >= 4 is 11.6 Å². The predicted molar refractivity (Wildman–Crippen MR) is 87.0 cm³/mol. The van der Waals surface area contributed by atoms with Crippen molar-refractivity contribution in [3.63, 3.8) is 0 Å². The first-order valence-electron chi connectivity index (χ1n) is 7.52. The minimum absolute atomic E-state index is 0.142. The largest absolute Gasteiger partial charge is 0.425 e. The molecule has 5 nitrogen and oxygen atoms in total. The molecule has 1 aromatic heterocycles. The van der Waals surface area contributed by atoms with Crippen LogP contribution in [-0.2, 0) is 4.79 Å². The number of carbonyl (C=O) groups is 1. The molecular weight excluding hydrogens is 309 g/mol. The maximum Gasteiger partial charge on any atom is 0.225 e. The van der Waals surface area contributed by atoms with E-state index in [1.165, 1.54) is 24.3 Å². The number of hydrogen-bond donors (Lipinski definition) is 1. The minimum atomic E-state index is -0.350. The Bertz CT molecular complexity index is 816. The lowest BCUT2D eigenvalue weighted by molar-refractivity contribution is -0.116. The summed E-state index contributed by atoms with van der Waals surface area (Å²) in [6.45, 7) is 1.71. The van der Waals surface area contributed by atoms with Gasteiger partial charge in [-0.1, -0.05) is 30.3 Å². The van der Waals surface area contributed by atoms with Gasteiger partial charge in [0.05, 0.1) is 5.92 Å². The van der Waals surface area contributed by atoms with Crippen LogP contribution >= 0.6 is 0 Å². The first-order chi connectivity index (χ1) is 11.6. The summed E-state index contributed by atoms with van der Waals surface area (Å²) < 4.78 is 18.5. The summed E-state index contributed by atoms with van der Waals surface area (Å²) in [5, 5.41) is 10.6. The average molecular weight is 325 g/mol. The van der Waals surface area contributed by atoms with E-state index in [1.54, 1.807) is 6.92 Å². The number of hydrogen-bond acceptors (Lipinski definition) is 4. The van der Waals surface area contributed by atoms with E-state index in [9.17, 15) is 9.18 Å². The van der Waals surface area contributed by atoms with Crippen molar-refractivity contribution in [2.45, 2.75) is 19.3 Å². The number of aryl methyl sites for hydroxylation is 1. The fourth-order valence-corrected chi connectivity index (χ4v) is 2.42. The Morgan fingerprint density at radius 2 is 1.83 bits per heavy atom. The Hall–Kier alpha value is -3.02. The van der Waals surface area contributed by atoms with Crippen LogP contribution in [0.1, 0.15) is 29.7 Å². The lowest BCUT2D eigenvalue weighted by atomic mass is 9.95. The van der Waals surface area contributed by atoms with E-state index in [4.69, 9.17) is 4.42 Å². The number of nitrogens with zero attached hydrogens (tertiary/aromatic N) is 2. The Kier molecular flexibility index (Phi) is 4.65. The number of nitrogens with one attached hydrogen (secondary N) is 1. The molecule has 1 unspecified atom stereocenters. The second-order valence-corrected chi connectivity index (χ2v) is 5.38. The maximum absolute atomic E-state index is 12.9. The van der Waals surface area contributed by atoms with Crippen LogP contribution < -0.4 is 5.32 Å². The van der Waals surface area contributed by atoms with E-state index >= 15 is 0 Å². The molecule has 3 rings (SSSR count). The molecule has 0 bridgehead atoms. The fraction of sp³-hybridized carbons (Fsp3) is 0.167. The van der Waals surface area contributed by atoms with Gasteiger partial charge in [-0.15, -0.1) is 10.2 Å². The molecule has 24 heavy (non-hydrogen) atoms. The normalized spacial score (nSPS) is 11.9. The van der Waals surface area contributed by atoms with Crippen LogP contribution in [0.5, 0.6) is 0 Å². The van der Waals surface area contributed by atoms with Gasteiger partial charge in [-0.25, -0.2) is 4.39 Å². The van der Waals surface area contributed by atoms with Gasteiger partial charge in [-0.05, 0) is 29.8 Å². The Balaban J connectivity index is 1.79. The highest BCUT2D eigenvalue weighted by Gasteiger charge is 2.23. The van der Waals surface area contributed by atoms with Crippen molar-refractivity contribution in [3.8, 4) is 0 Å². The van der Waals surface area contributed by atoms with Crippen molar-refractivity contribution in [3.05, 3.63) is 77.8 Å². The van der Waals surface area contributed by atoms with Crippen molar-refractivity contribution in [2.75, 3.05) is 5.32 Å². The van der Waals surface area contributed by atoms with Crippen LogP contribution in [0.15, 0.2) is 59.0 Å². The number of benzene rings is 2. The fourth-order valence-electron chi connectivity index (χ4n) is 2.42. The zero-order valence-corrected chi connectivity index (χ0v) is 13.1. The molecule has 0 saturated heterocycles. The van der Waals surface area contributed by atoms with Crippen LogP contribution in [0.25, 0.3) is 0 Å². The van der Waals surface area contributed by atoms with Crippen LogP contribution in [-0.4, -0.2) is 16.1 Å². The zero-order chi connectivity index (χ0) is 16.9. The molecule has 1 heterocycles. The number of anilines is 1.